The van der Waals surface area contributed by atoms with E-state index in [-0.39, 0.29) is 11.6 Å². The van der Waals surface area contributed by atoms with E-state index in [1.54, 1.807) is 0 Å². The fraction of sp³-hybridized carbons (Fsp3) is 0.462. The Morgan fingerprint density at radius 3 is 2.81 bits per heavy atom. The number of carbonyl (C=O) groups is 1. The van der Waals surface area contributed by atoms with Crippen LogP contribution < -0.4 is 4.72 Å². The number of nitrogens with zero attached hydrogens (tertiary/aromatic N) is 1. The molecule has 1 fully saturated rings. The molecule has 1 unspecified atom stereocenters. The molecule has 0 amide bonds. The number of hydrogen-bond donors (Lipinski definition) is 2. The van der Waals surface area contributed by atoms with Gasteiger partial charge in [-0.3, -0.25) is 0 Å². The molecule has 1 saturated heterocycles. The number of benzene rings is 1. The van der Waals surface area contributed by atoms with Crippen molar-refractivity contribution in [3.8, 4) is 0 Å². The van der Waals surface area contributed by atoms with Crippen molar-refractivity contribution in [1.82, 2.24) is 9.62 Å². The van der Waals surface area contributed by atoms with E-state index in [0.717, 1.165) is 31.2 Å². The number of nitrogens with one attached hydrogen (secondary N) is 1. The monoisotopic (exact) mass is 316 g/mol. The number of piperidine rings is 1. The number of hydrogen-bond acceptors (Lipinski definition) is 4. The summed E-state index contributed by atoms with van der Waals surface area (Å²) in [5.74, 6) is -2.26. The van der Waals surface area contributed by atoms with E-state index in [0.29, 0.717) is 13.0 Å². The van der Waals surface area contributed by atoms with E-state index in [2.05, 4.69) is 4.72 Å². The minimum atomic E-state index is -4.09. The van der Waals surface area contributed by atoms with E-state index >= 15 is 0 Å². The summed E-state index contributed by atoms with van der Waals surface area (Å²) in [6, 6.07) is 2.42. The summed E-state index contributed by atoms with van der Waals surface area (Å²) in [6.07, 6.45) is 1.52. The summed E-state index contributed by atoms with van der Waals surface area (Å²) in [5, 5.41) is 8.88. The fourth-order valence-corrected chi connectivity index (χ4v) is 3.75. The molecule has 1 aliphatic rings. The topological polar surface area (TPSA) is 86.7 Å². The van der Waals surface area contributed by atoms with Gasteiger partial charge in [0.25, 0.3) is 0 Å². The molecule has 2 N–H and O–H groups in total. The number of likely N-dealkylation sites (N-methyl/N-ethyl adjacent to an activating group) is 1. The first-order valence-corrected chi connectivity index (χ1v) is 8.01. The molecule has 0 spiro atoms. The van der Waals surface area contributed by atoms with Crippen LogP contribution in [0.4, 0.5) is 4.39 Å². The molecule has 1 aliphatic heterocycles. The Morgan fingerprint density at radius 1 is 1.48 bits per heavy atom. The van der Waals surface area contributed by atoms with Crippen molar-refractivity contribution in [3.05, 3.63) is 29.6 Å². The highest BCUT2D eigenvalue weighted by Gasteiger charge is 2.26. The maximum atomic E-state index is 13.7. The number of sulfonamides is 1. The van der Waals surface area contributed by atoms with Crippen molar-refractivity contribution < 1.29 is 22.7 Å². The predicted octanol–water partition coefficient (Wildman–Crippen LogP) is 0.896. The third kappa shape index (κ3) is 3.78. The van der Waals surface area contributed by atoms with Gasteiger partial charge in [0.15, 0.2) is 0 Å². The average Bonchev–Trinajstić information content (AvgIpc) is 2.38. The van der Waals surface area contributed by atoms with Crippen molar-refractivity contribution in [3.63, 3.8) is 0 Å². The van der Waals surface area contributed by atoms with Crippen molar-refractivity contribution in [1.29, 1.82) is 0 Å². The Bertz CT molecular complexity index is 648. The van der Waals surface area contributed by atoms with Crippen LogP contribution in [-0.2, 0) is 10.0 Å². The van der Waals surface area contributed by atoms with Crippen molar-refractivity contribution in [2.24, 2.45) is 0 Å². The van der Waals surface area contributed by atoms with E-state index in [1.165, 1.54) is 0 Å². The van der Waals surface area contributed by atoms with Gasteiger partial charge in [-0.15, -0.1) is 0 Å². The molecule has 1 atom stereocenters. The van der Waals surface area contributed by atoms with Gasteiger partial charge >= 0.3 is 5.97 Å². The van der Waals surface area contributed by atoms with Crippen LogP contribution in [0, 0.1) is 5.82 Å². The Labute approximate surface area is 122 Å². The van der Waals surface area contributed by atoms with Gasteiger partial charge in [0.1, 0.15) is 10.7 Å². The second-order valence-corrected chi connectivity index (χ2v) is 6.86. The highest BCUT2D eigenvalue weighted by molar-refractivity contribution is 7.89. The molecule has 1 heterocycles. The Morgan fingerprint density at radius 2 is 2.19 bits per heavy atom. The standard InChI is InChI=1S/C13H17FN2O4S/c1-16-6-2-3-10(8-16)15-21(19,20)12-7-9(13(17)18)4-5-11(12)14/h4-5,7,10,15H,2-3,6,8H2,1H3,(H,17,18). The van der Waals surface area contributed by atoms with Gasteiger partial charge in [0, 0.05) is 12.6 Å². The van der Waals surface area contributed by atoms with Gasteiger partial charge in [0.05, 0.1) is 5.56 Å². The minimum Gasteiger partial charge on any atom is -0.478 e. The van der Waals surface area contributed by atoms with E-state index in [1.807, 2.05) is 11.9 Å². The highest BCUT2D eigenvalue weighted by Crippen LogP contribution is 2.18. The molecule has 2 rings (SSSR count). The van der Waals surface area contributed by atoms with Crippen molar-refractivity contribution >= 4 is 16.0 Å². The normalized spacial score (nSPS) is 20.4. The first-order chi connectivity index (χ1) is 9.79. The molecule has 6 nitrogen and oxygen atoms in total. The zero-order valence-electron chi connectivity index (χ0n) is 11.5. The SMILES string of the molecule is CN1CCCC(NS(=O)(=O)c2cc(C(=O)O)ccc2F)C1. The predicted molar refractivity (Wildman–Crippen MR) is 74.2 cm³/mol. The summed E-state index contributed by atoms with van der Waals surface area (Å²) in [5.41, 5.74) is -0.266. The third-order valence-electron chi connectivity index (χ3n) is 3.41. The molecular weight excluding hydrogens is 299 g/mol. The van der Waals surface area contributed by atoms with Gasteiger partial charge in [-0.1, -0.05) is 0 Å². The maximum Gasteiger partial charge on any atom is 0.335 e. The van der Waals surface area contributed by atoms with Crippen LogP contribution in [0.2, 0.25) is 0 Å². The molecule has 0 bridgehead atoms. The number of aromatic carboxylic acids is 1. The van der Waals surface area contributed by atoms with Crippen molar-refractivity contribution in [2.45, 2.75) is 23.8 Å². The van der Waals surface area contributed by atoms with Gasteiger partial charge in [-0.25, -0.2) is 22.3 Å². The summed E-state index contributed by atoms with van der Waals surface area (Å²) in [4.78, 5) is 12.2. The third-order valence-corrected chi connectivity index (χ3v) is 4.95. The number of rotatable bonds is 4. The largest absolute Gasteiger partial charge is 0.478 e. The zero-order chi connectivity index (χ0) is 15.6. The maximum absolute atomic E-state index is 13.7. The first kappa shape index (κ1) is 15.9. The fourth-order valence-electron chi connectivity index (χ4n) is 2.39. The van der Waals surface area contributed by atoms with Gasteiger partial charge in [-0.2, -0.15) is 0 Å². The van der Waals surface area contributed by atoms with Crippen molar-refractivity contribution in [2.75, 3.05) is 20.1 Å². The molecule has 0 radical (unpaired) electrons. The molecule has 1 aromatic rings. The molecule has 8 heteroatoms. The van der Waals surface area contributed by atoms with Crippen LogP contribution in [-0.4, -0.2) is 50.6 Å². The molecule has 0 aromatic heterocycles. The lowest BCUT2D eigenvalue weighted by molar-refractivity contribution is 0.0696. The Balaban J connectivity index is 2.26. The molecule has 116 valence electrons. The quantitative estimate of drug-likeness (QED) is 0.862. The lowest BCUT2D eigenvalue weighted by atomic mass is 10.1. The number of likely N-dealkylation sites (tertiary alicyclic amines) is 1. The summed E-state index contributed by atoms with van der Waals surface area (Å²) in [7, 11) is -2.20. The highest BCUT2D eigenvalue weighted by atomic mass is 32.2. The lowest BCUT2D eigenvalue weighted by Gasteiger charge is -2.30. The van der Waals surface area contributed by atoms with Crippen LogP contribution in [0.25, 0.3) is 0 Å². The molecule has 21 heavy (non-hydrogen) atoms. The summed E-state index contributed by atoms with van der Waals surface area (Å²) in [6.45, 7) is 1.43. The molecule has 0 aliphatic carbocycles. The van der Waals surface area contributed by atoms with Gasteiger partial charge < -0.3 is 10.0 Å². The lowest BCUT2D eigenvalue weighted by Crippen LogP contribution is -2.46. The number of halogens is 1. The van der Waals surface area contributed by atoms with Crippen LogP contribution in [0.3, 0.4) is 0 Å². The zero-order valence-corrected chi connectivity index (χ0v) is 12.4. The first-order valence-electron chi connectivity index (χ1n) is 6.53. The Kier molecular flexibility index (Phi) is 4.60. The van der Waals surface area contributed by atoms with E-state index < -0.39 is 26.7 Å². The second-order valence-electron chi connectivity index (χ2n) is 5.17. The molecule has 0 saturated carbocycles. The number of carboxylic acid groups (broad SMARTS) is 1. The van der Waals surface area contributed by atoms with Gasteiger partial charge in [-0.05, 0) is 44.6 Å². The van der Waals surface area contributed by atoms with Crippen LogP contribution in [0.1, 0.15) is 23.2 Å². The summed E-state index contributed by atoms with van der Waals surface area (Å²) < 4.78 is 40.7. The van der Waals surface area contributed by atoms with Crippen LogP contribution in [0.5, 0.6) is 0 Å². The smallest absolute Gasteiger partial charge is 0.335 e. The Hall–Kier alpha value is -1.51. The van der Waals surface area contributed by atoms with Crippen LogP contribution in [0.15, 0.2) is 23.1 Å². The average molecular weight is 316 g/mol. The minimum absolute atomic E-state index is 0.266. The van der Waals surface area contributed by atoms with E-state index in [9.17, 15) is 17.6 Å². The summed E-state index contributed by atoms with van der Waals surface area (Å²) >= 11 is 0. The molecule has 1 aromatic carbocycles. The van der Waals surface area contributed by atoms with Gasteiger partial charge in [0.2, 0.25) is 10.0 Å². The number of carboxylic acids is 1. The van der Waals surface area contributed by atoms with Crippen LogP contribution >= 0.6 is 0 Å². The van der Waals surface area contributed by atoms with E-state index in [4.69, 9.17) is 5.11 Å². The molecular formula is C13H17FN2O4S. The second kappa shape index (κ2) is 6.08.